The van der Waals surface area contributed by atoms with Crippen molar-refractivity contribution in [2.75, 3.05) is 6.61 Å². The highest BCUT2D eigenvalue weighted by molar-refractivity contribution is 5.94. The van der Waals surface area contributed by atoms with Crippen molar-refractivity contribution in [1.29, 1.82) is 0 Å². The van der Waals surface area contributed by atoms with Gasteiger partial charge < -0.3 is 4.74 Å². The van der Waals surface area contributed by atoms with Gasteiger partial charge in [0.05, 0.1) is 6.61 Å². The molecule has 4 heteroatoms. The molecule has 0 radical (unpaired) electrons. The Morgan fingerprint density at radius 3 is 2.43 bits per heavy atom. The van der Waals surface area contributed by atoms with Gasteiger partial charge in [0.15, 0.2) is 0 Å². The fourth-order valence-corrected chi connectivity index (χ4v) is 3.32. The second-order valence-corrected chi connectivity index (χ2v) is 6.67. The Hall–Kier alpha value is -1.19. The summed E-state index contributed by atoms with van der Waals surface area (Å²) in [4.78, 5) is 36.7. The predicted octanol–water partition coefficient (Wildman–Crippen LogP) is 3.18. The summed E-state index contributed by atoms with van der Waals surface area (Å²) in [6, 6.07) is 0. The summed E-state index contributed by atoms with van der Waals surface area (Å²) in [5, 5.41) is 0. The summed E-state index contributed by atoms with van der Waals surface area (Å²) < 4.78 is 5.00. The smallest absolute Gasteiger partial charge is 0.306 e. The first-order chi connectivity index (χ1) is 9.74. The number of carbonyl (C=O) groups is 3. The lowest BCUT2D eigenvalue weighted by atomic mass is 9.59. The summed E-state index contributed by atoms with van der Waals surface area (Å²) in [7, 11) is 0. The number of Topliss-reactive ketones (excluding diaryl/α,β-unsaturated/α-hetero) is 2. The third-order valence-corrected chi connectivity index (χ3v) is 4.80. The van der Waals surface area contributed by atoms with Crippen LogP contribution in [-0.4, -0.2) is 24.1 Å². The van der Waals surface area contributed by atoms with Crippen molar-refractivity contribution < 1.29 is 19.1 Å². The van der Waals surface area contributed by atoms with Crippen molar-refractivity contribution in [3.05, 3.63) is 0 Å². The largest absolute Gasteiger partial charge is 0.466 e. The zero-order valence-corrected chi connectivity index (χ0v) is 13.9. The van der Waals surface area contributed by atoms with Crippen LogP contribution >= 0.6 is 0 Å². The van der Waals surface area contributed by atoms with Gasteiger partial charge in [-0.25, -0.2) is 0 Å². The third-order valence-electron chi connectivity index (χ3n) is 4.80. The van der Waals surface area contributed by atoms with E-state index >= 15 is 0 Å². The van der Waals surface area contributed by atoms with Crippen molar-refractivity contribution >= 4 is 17.5 Å². The number of ether oxygens (including phenoxy) is 1. The maximum atomic E-state index is 12.7. The van der Waals surface area contributed by atoms with Crippen molar-refractivity contribution in [1.82, 2.24) is 0 Å². The number of hydrogen-bond donors (Lipinski definition) is 0. The van der Waals surface area contributed by atoms with E-state index in [9.17, 15) is 14.4 Å². The molecule has 3 atom stereocenters. The predicted molar refractivity (Wildman–Crippen MR) is 80.7 cm³/mol. The maximum absolute atomic E-state index is 12.7. The minimum atomic E-state index is -0.690. The molecule has 0 spiro atoms. The van der Waals surface area contributed by atoms with E-state index in [1.807, 2.05) is 27.7 Å². The first kappa shape index (κ1) is 17.9. The van der Waals surface area contributed by atoms with Gasteiger partial charge in [-0.1, -0.05) is 27.7 Å². The molecule has 1 rings (SSSR count). The zero-order chi connectivity index (χ0) is 16.2. The highest BCUT2D eigenvalue weighted by Gasteiger charge is 2.49. The van der Waals surface area contributed by atoms with Crippen LogP contribution in [-0.2, 0) is 19.1 Å². The fourth-order valence-electron chi connectivity index (χ4n) is 3.32. The van der Waals surface area contributed by atoms with Crippen LogP contribution in [0.15, 0.2) is 0 Å². The minimum absolute atomic E-state index is 0.0212. The van der Waals surface area contributed by atoms with Crippen molar-refractivity contribution in [2.45, 2.75) is 60.3 Å². The summed E-state index contributed by atoms with van der Waals surface area (Å²) in [6.07, 6.45) is 1.89. The van der Waals surface area contributed by atoms with Crippen molar-refractivity contribution in [2.24, 2.45) is 23.2 Å². The molecule has 120 valence electrons. The molecule has 0 aromatic carbocycles. The molecule has 1 aliphatic carbocycles. The third kappa shape index (κ3) is 3.92. The first-order valence-corrected chi connectivity index (χ1v) is 7.97. The van der Waals surface area contributed by atoms with Gasteiger partial charge in [0.25, 0.3) is 0 Å². The van der Waals surface area contributed by atoms with E-state index in [1.165, 1.54) is 0 Å². The molecule has 0 amide bonds. The van der Waals surface area contributed by atoms with Crippen LogP contribution in [0.25, 0.3) is 0 Å². The molecule has 1 fully saturated rings. The highest BCUT2D eigenvalue weighted by atomic mass is 16.5. The van der Waals surface area contributed by atoms with E-state index in [-0.39, 0.29) is 48.1 Å². The number of hydrogen-bond acceptors (Lipinski definition) is 4. The Balaban J connectivity index is 3.00. The van der Waals surface area contributed by atoms with Crippen LogP contribution < -0.4 is 0 Å². The monoisotopic (exact) mass is 296 g/mol. The van der Waals surface area contributed by atoms with Crippen LogP contribution in [0.5, 0.6) is 0 Å². The first-order valence-electron chi connectivity index (χ1n) is 7.97. The number of rotatable bonds is 6. The Morgan fingerprint density at radius 2 is 1.95 bits per heavy atom. The molecule has 0 heterocycles. The van der Waals surface area contributed by atoms with Gasteiger partial charge in [-0.3, -0.25) is 14.4 Å². The SMILES string of the molecule is CCOC(=O)C[C@@H](C)[C@]1(C(=O)C(C)C)CCC(C)C(=O)C1. The normalized spacial score (nSPS) is 27.5. The van der Waals surface area contributed by atoms with Crippen LogP contribution in [0.3, 0.4) is 0 Å². The lowest BCUT2D eigenvalue weighted by Crippen LogP contribution is -2.46. The summed E-state index contributed by atoms with van der Waals surface area (Å²) in [6.45, 7) is 9.66. The Labute approximate surface area is 127 Å². The average molecular weight is 296 g/mol. The van der Waals surface area contributed by atoms with E-state index < -0.39 is 5.41 Å². The van der Waals surface area contributed by atoms with E-state index in [0.29, 0.717) is 13.0 Å². The molecular formula is C17H28O4. The van der Waals surface area contributed by atoms with Crippen molar-refractivity contribution in [3.8, 4) is 0 Å². The van der Waals surface area contributed by atoms with Gasteiger partial charge in [0.2, 0.25) is 0 Å². The number of carbonyl (C=O) groups excluding carboxylic acids is 3. The minimum Gasteiger partial charge on any atom is -0.466 e. The molecule has 0 aromatic rings. The zero-order valence-electron chi connectivity index (χ0n) is 13.9. The molecule has 0 N–H and O–H groups in total. The second-order valence-electron chi connectivity index (χ2n) is 6.67. The van der Waals surface area contributed by atoms with Crippen LogP contribution in [0.2, 0.25) is 0 Å². The fraction of sp³-hybridized carbons (Fsp3) is 0.824. The standard InChI is InChI=1S/C17H28O4/c1-6-21-15(19)9-13(5)17(16(20)11(2)3)8-7-12(4)14(18)10-17/h11-13H,6-10H2,1-5H3/t12?,13-,17+/m1/s1. The Morgan fingerprint density at radius 1 is 1.33 bits per heavy atom. The molecular weight excluding hydrogens is 268 g/mol. The van der Waals surface area contributed by atoms with Gasteiger partial charge >= 0.3 is 5.97 Å². The topological polar surface area (TPSA) is 60.4 Å². The van der Waals surface area contributed by atoms with Gasteiger partial charge in [0, 0.05) is 30.1 Å². The lowest BCUT2D eigenvalue weighted by molar-refractivity contribution is -0.151. The van der Waals surface area contributed by atoms with Crippen LogP contribution in [0.4, 0.5) is 0 Å². The van der Waals surface area contributed by atoms with E-state index in [2.05, 4.69) is 0 Å². The van der Waals surface area contributed by atoms with Crippen LogP contribution in [0, 0.1) is 23.2 Å². The molecule has 0 aliphatic heterocycles. The summed E-state index contributed by atoms with van der Waals surface area (Å²) in [5.41, 5.74) is -0.690. The Bertz CT molecular complexity index is 413. The average Bonchev–Trinajstić information content (AvgIpc) is 2.41. The molecule has 1 unspecified atom stereocenters. The van der Waals surface area contributed by atoms with Gasteiger partial charge in [-0.15, -0.1) is 0 Å². The van der Waals surface area contributed by atoms with Crippen molar-refractivity contribution in [3.63, 3.8) is 0 Å². The molecule has 0 aromatic heterocycles. The summed E-state index contributed by atoms with van der Waals surface area (Å²) >= 11 is 0. The second kappa shape index (κ2) is 7.19. The lowest BCUT2D eigenvalue weighted by Gasteiger charge is -2.42. The molecule has 1 saturated carbocycles. The summed E-state index contributed by atoms with van der Waals surface area (Å²) in [5.74, 6) is -0.302. The number of esters is 1. The highest BCUT2D eigenvalue weighted by Crippen LogP contribution is 2.46. The van der Waals surface area contributed by atoms with Gasteiger partial charge in [-0.2, -0.15) is 0 Å². The van der Waals surface area contributed by atoms with Crippen LogP contribution in [0.1, 0.15) is 60.3 Å². The Kier molecular flexibility index (Phi) is 6.11. The molecule has 1 aliphatic rings. The van der Waals surface area contributed by atoms with Gasteiger partial charge in [0.1, 0.15) is 11.6 Å². The van der Waals surface area contributed by atoms with Gasteiger partial charge in [-0.05, 0) is 25.7 Å². The molecule has 0 saturated heterocycles. The van der Waals surface area contributed by atoms with E-state index in [0.717, 1.165) is 6.42 Å². The maximum Gasteiger partial charge on any atom is 0.306 e. The van der Waals surface area contributed by atoms with E-state index in [1.54, 1.807) is 6.92 Å². The molecule has 21 heavy (non-hydrogen) atoms. The quantitative estimate of drug-likeness (QED) is 0.706. The molecule has 4 nitrogen and oxygen atoms in total. The number of ketones is 2. The molecule has 0 bridgehead atoms. The van der Waals surface area contributed by atoms with E-state index in [4.69, 9.17) is 4.74 Å².